The lowest BCUT2D eigenvalue weighted by Crippen LogP contribution is -2.31. The third kappa shape index (κ3) is 3.74. The Kier molecular flexibility index (Phi) is 5.31. The Hall–Kier alpha value is -1.02. The lowest BCUT2D eigenvalue weighted by atomic mass is 9.84. The molecule has 1 heterocycles. The van der Waals surface area contributed by atoms with E-state index in [1.807, 2.05) is 6.07 Å². The van der Waals surface area contributed by atoms with Gasteiger partial charge in [0.2, 0.25) is 0 Å². The number of likely N-dealkylation sites (N-methyl/N-ethyl adjacent to an activating group) is 1. The van der Waals surface area contributed by atoms with E-state index in [4.69, 9.17) is 23.2 Å². The molecule has 0 aliphatic carbocycles. The molecule has 0 radical (unpaired) electrons. The van der Waals surface area contributed by atoms with E-state index in [2.05, 4.69) is 49.2 Å². The Bertz CT molecular complexity index is 696. The zero-order valence-corrected chi connectivity index (χ0v) is 15.3. The Morgan fingerprint density at radius 1 is 1.17 bits per heavy atom. The molecule has 0 saturated carbocycles. The first kappa shape index (κ1) is 16.8. The van der Waals surface area contributed by atoms with Crippen LogP contribution in [0, 0.1) is 0 Å². The average Bonchev–Trinajstić information content (AvgIpc) is 2.53. The summed E-state index contributed by atoms with van der Waals surface area (Å²) in [5.41, 5.74) is 5.29. The molecule has 0 N–H and O–H groups in total. The van der Waals surface area contributed by atoms with E-state index in [-0.39, 0.29) is 0 Å². The van der Waals surface area contributed by atoms with Crippen LogP contribution in [0.15, 0.2) is 36.4 Å². The SMILES string of the molecule is CCCCc1cccc(C2CN(C)Cc3c(Cl)cc(Cl)cc32)c1. The molecule has 0 fully saturated rings. The highest BCUT2D eigenvalue weighted by molar-refractivity contribution is 6.35. The standard InChI is InChI=1S/C20H23Cl2N/c1-3-4-6-14-7-5-8-15(9-14)18-12-23(2)13-19-17(18)10-16(21)11-20(19)22/h5,7-11,18H,3-4,6,12-13H2,1-2H3. The number of fused-ring (bicyclic) bond motifs is 1. The van der Waals surface area contributed by atoms with Gasteiger partial charge in [0.15, 0.2) is 0 Å². The van der Waals surface area contributed by atoms with Crippen molar-refractivity contribution >= 4 is 23.2 Å². The summed E-state index contributed by atoms with van der Waals surface area (Å²) in [6, 6.07) is 13.0. The molecular weight excluding hydrogens is 325 g/mol. The maximum atomic E-state index is 6.45. The predicted octanol–water partition coefficient (Wildman–Crippen LogP) is 5.91. The summed E-state index contributed by atoms with van der Waals surface area (Å²) in [6.07, 6.45) is 3.61. The molecule has 2 aromatic rings. The fourth-order valence-electron chi connectivity index (χ4n) is 3.48. The first-order chi connectivity index (χ1) is 11.1. The van der Waals surface area contributed by atoms with Crippen LogP contribution in [0.3, 0.4) is 0 Å². The molecule has 23 heavy (non-hydrogen) atoms. The van der Waals surface area contributed by atoms with Crippen molar-refractivity contribution in [2.24, 2.45) is 0 Å². The Morgan fingerprint density at radius 3 is 2.78 bits per heavy atom. The number of halogens is 2. The van der Waals surface area contributed by atoms with Gasteiger partial charge in [-0.3, -0.25) is 0 Å². The Balaban J connectivity index is 2.01. The number of unbranched alkanes of at least 4 members (excludes halogenated alkanes) is 1. The number of aryl methyl sites for hydroxylation is 1. The predicted molar refractivity (Wildman–Crippen MR) is 99.7 cm³/mol. The van der Waals surface area contributed by atoms with Crippen molar-refractivity contribution in [2.45, 2.75) is 38.6 Å². The van der Waals surface area contributed by atoms with Gasteiger partial charge in [-0.1, -0.05) is 60.8 Å². The highest BCUT2D eigenvalue weighted by atomic mass is 35.5. The molecule has 3 rings (SSSR count). The minimum Gasteiger partial charge on any atom is -0.301 e. The summed E-state index contributed by atoms with van der Waals surface area (Å²) in [5.74, 6) is 0.335. The summed E-state index contributed by atoms with van der Waals surface area (Å²) in [5, 5.41) is 1.51. The van der Waals surface area contributed by atoms with Crippen LogP contribution >= 0.6 is 23.2 Å². The monoisotopic (exact) mass is 347 g/mol. The summed E-state index contributed by atoms with van der Waals surface area (Å²) in [4.78, 5) is 2.34. The lowest BCUT2D eigenvalue weighted by Gasteiger charge is -2.33. The molecule has 0 spiro atoms. The number of hydrogen-bond donors (Lipinski definition) is 0. The maximum Gasteiger partial charge on any atom is 0.0468 e. The molecule has 0 saturated heterocycles. The van der Waals surface area contributed by atoms with Crippen molar-refractivity contribution in [1.82, 2.24) is 4.90 Å². The van der Waals surface area contributed by atoms with Gasteiger partial charge < -0.3 is 4.90 Å². The van der Waals surface area contributed by atoms with Gasteiger partial charge in [0, 0.05) is 29.1 Å². The van der Waals surface area contributed by atoms with Crippen LogP contribution in [0.25, 0.3) is 0 Å². The van der Waals surface area contributed by atoms with Gasteiger partial charge >= 0.3 is 0 Å². The highest BCUT2D eigenvalue weighted by Gasteiger charge is 2.27. The van der Waals surface area contributed by atoms with E-state index in [9.17, 15) is 0 Å². The van der Waals surface area contributed by atoms with Crippen LogP contribution in [0.2, 0.25) is 10.0 Å². The molecule has 1 nitrogen and oxygen atoms in total. The minimum atomic E-state index is 0.335. The van der Waals surface area contributed by atoms with E-state index in [0.29, 0.717) is 5.92 Å². The summed E-state index contributed by atoms with van der Waals surface area (Å²) in [7, 11) is 2.15. The van der Waals surface area contributed by atoms with Crippen molar-refractivity contribution in [1.29, 1.82) is 0 Å². The average molecular weight is 348 g/mol. The van der Waals surface area contributed by atoms with Crippen LogP contribution in [0.4, 0.5) is 0 Å². The summed E-state index contributed by atoms with van der Waals surface area (Å²) < 4.78 is 0. The Labute approximate surface area is 149 Å². The second-order valence-corrected chi connectivity index (χ2v) is 7.40. The van der Waals surface area contributed by atoms with E-state index in [1.165, 1.54) is 35.1 Å². The van der Waals surface area contributed by atoms with E-state index in [0.717, 1.165) is 29.6 Å². The Morgan fingerprint density at radius 2 is 2.00 bits per heavy atom. The number of rotatable bonds is 4. The first-order valence-electron chi connectivity index (χ1n) is 8.33. The summed E-state index contributed by atoms with van der Waals surface area (Å²) in [6.45, 7) is 4.12. The number of hydrogen-bond acceptors (Lipinski definition) is 1. The number of benzene rings is 2. The second kappa shape index (κ2) is 7.25. The molecule has 0 bridgehead atoms. The molecule has 3 heteroatoms. The normalized spacial score (nSPS) is 18.0. The third-order valence-corrected chi connectivity index (χ3v) is 5.22. The second-order valence-electron chi connectivity index (χ2n) is 6.55. The quantitative estimate of drug-likeness (QED) is 0.664. The van der Waals surface area contributed by atoms with Gasteiger partial charge in [-0.25, -0.2) is 0 Å². The third-order valence-electron chi connectivity index (χ3n) is 4.66. The molecule has 0 amide bonds. The zero-order chi connectivity index (χ0) is 16.4. The maximum absolute atomic E-state index is 6.45. The minimum absolute atomic E-state index is 0.335. The van der Waals surface area contributed by atoms with Gasteiger partial charge in [0.1, 0.15) is 0 Å². The molecule has 122 valence electrons. The summed E-state index contributed by atoms with van der Waals surface area (Å²) >= 11 is 12.7. The van der Waals surface area contributed by atoms with Crippen molar-refractivity contribution in [3.8, 4) is 0 Å². The molecule has 1 aliphatic heterocycles. The van der Waals surface area contributed by atoms with Crippen molar-refractivity contribution in [3.05, 3.63) is 68.7 Å². The number of nitrogens with zero attached hydrogens (tertiary/aromatic N) is 1. The molecule has 0 aromatic heterocycles. The van der Waals surface area contributed by atoms with Crippen molar-refractivity contribution < 1.29 is 0 Å². The highest BCUT2D eigenvalue weighted by Crippen LogP contribution is 2.38. The smallest absolute Gasteiger partial charge is 0.0468 e. The van der Waals surface area contributed by atoms with E-state index < -0.39 is 0 Å². The fourth-order valence-corrected chi connectivity index (χ4v) is 4.05. The van der Waals surface area contributed by atoms with E-state index >= 15 is 0 Å². The van der Waals surface area contributed by atoms with Crippen LogP contribution in [0.5, 0.6) is 0 Å². The van der Waals surface area contributed by atoms with Crippen LogP contribution < -0.4 is 0 Å². The first-order valence-corrected chi connectivity index (χ1v) is 9.09. The van der Waals surface area contributed by atoms with Crippen LogP contribution in [0.1, 0.15) is 47.9 Å². The molecule has 1 unspecified atom stereocenters. The van der Waals surface area contributed by atoms with Gasteiger partial charge in [-0.05, 0) is 54.3 Å². The largest absolute Gasteiger partial charge is 0.301 e. The molecule has 1 aliphatic rings. The molecule has 2 aromatic carbocycles. The van der Waals surface area contributed by atoms with Crippen LogP contribution in [-0.2, 0) is 13.0 Å². The van der Waals surface area contributed by atoms with E-state index in [1.54, 1.807) is 0 Å². The van der Waals surface area contributed by atoms with Crippen molar-refractivity contribution in [3.63, 3.8) is 0 Å². The topological polar surface area (TPSA) is 3.24 Å². The lowest BCUT2D eigenvalue weighted by molar-refractivity contribution is 0.295. The fraction of sp³-hybridized carbons (Fsp3) is 0.400. The molecular formula is C20H23Cl2N. The van der Waals surface area contributed by atoms with Gasteiger partial charge in [-0.15, -0.1) is 0 Å². The van der Waals surface area contributed by atoms with Gasteiger partial charge in [0.25, 0.3) is 0 Å². The van der Waals surface area contributed by atoms with Crippen LogP contribution in [-0.4, -0.2) is 18.5 Å². The van der Waals surface area contributed by atoms with Gasteiger partial charge in [0.05, 0.1) is 0 Å². The zero-order valence-electron chi connectivity index (χ0n) is 13.8. The van der Waals surface area contributed by atoms with Gasteiger partial charge in [-0.2, -0.15) is 0 Å². The van der Waals surface area contributed by atoms with Crippen molar-refractivity contribution in [2.75, 3.05) is 13.6 Å². The molecule has 1 atom stereocenters.